The first-order chi connectivity index (χ1) is 9.78. The van der Waals surface area contributed by atoms with E-state index in [-0.39, 0.29) is 6.61 Å². The van der Waals surface area contributed by atoms with Gasteiger partial charge in [0.2, 0.25) is 0 Å². The number of nitrogens with zero attached hydrogens (tertiary/aromatic N) is 3. The molecule has 1 atom stereocenters. The van der Waals surface area contributed by atoms with E-state index in [4.69, 9.17) is 5.11 Å². The Morgan fingerprint density at radius 3 is 2.85 bits per heavy atom. The van der Waals surface area contributed by atoms with E-state index < -0.39 is 0 Å². The largest absolute Gasteiger partial charge is 0.388 e. The molecule has 0 unspecified atom stereocenters. The number of nitrogens with one attached hydrogen (secondary N) is 1. The molecule has 2 N–H and O–H groups in total. The average molecular weight is 272 g/mol. The van der Waals surface area contributed by atoms with Crippen molar-refractivity contribution in [2.24, 2.45) is 0 Å². The summed E-state index contributed by atoms with van der Waals surface area (Å²) < 4.78 is 0. The van der Waals surface area contributed by atoms with Crippen molar-refractivity contribution in [3.63, 3.8) is 0 Å². The smallest absolute Gasteiger partial charge is 0.181 e. The van der Waals surface area contributed by atoms with Gasteiger partial charge in [0.05, 0.1) is 0 Å². The van der Waals surface area contributed by atoms with E-state index >= 15 is 0 Å². The number of aliphatic hydroxyl groups excluding tert-OH is 1. The minimum Gasteiger partial charge on any atom is -0.388 e. The maximum atomic E-state index is 9.04. The number of benzene rings is 1. The molecule has 2 aromatic rings. The number of likely N-dealkylation sites (tertiary alicyclic amines) is 1. The van der Waals surface area contributed by atoms with E-state index in [0.29, 0.717) is 17.7 Å². The van der Waals surface area contributed by atoms with Crippen molar-refractivity contribution >= 4 is 0 Å². The fourth-order valence-corrected chi connectivity index (χ4v) is 2.77. The van der Waals surface area contributed by atoms with E-state index in [1.54, 1.807) is 0 Å². The minimum atomic E-state index is -0.114. The molecule has 1 saturated heterocycles. The van der Waals surface area contributed by atoms with Crippen LogP contribution >= 0.6 is 0 Å². The van der Waals surface area contributed by atoms with Crippen LogP contribution < -0.4 is 0 Å². The molecule has 106 valence electrons. The highest BCUT2D eigenvalue weighted by Gasteiger charge is 2.19. The van der Waals surface area contributed by atoms with Crippen molar-refractivity contribution in [3.05, 3.63) is 35.7 Å². The summed E-state index contributed by atoms with van der Waals surface area (Å²) in [5, 5.41) is 15.9. The van der Waals surface area contributed by atoms with Crippen LogP contribution in [0, 0.1) is 0 Å². The molecule has 0 radical (unpaired) electrons. The topological polar surface area (TPSA) is 65.0 Å². The van der Waals surface area contributed by atoms with Crippen molar-refractivity contribution in [1.29, 1.82) is 0 Å². The Morgan fingerprint density at radius 2 is 2.15 bits per heavy atom. The van der Waals surface area contributed by atoms with Crippen LogP contribution in [0.1, 0.15) is 37.2 Å². The fourth-order valence-electron chi connectivity index (χ4n) is 2.77. The van der Waals surface area contributed by atoms with Gasteiger partial charge in [0.25, 0.3) is 0 Å². The number of H-pyrrole nitrogens is 1. The Kier molecular flexibility index (Phi) is 3.80. The lowest BCUT2D eigenvalue weighted by Crippen LogP contribution is -2.23. The Morgan fingerprint density at radius 1 is 1.35 bits per heavy atom. The van der Waals surface area contributed by atoms with Crippen molar-refractivity contribution in [2.75, 3.05) is 13.1 Å². The van der Waals surface area contributed by atoms with Crippen LogP contribution in [0.3, 0.4) is 0 Å². The zero-order valence-electron chi connectivity index (χ0n) is 11.7. The Labute approximate surface area is 118 Å². The van der Waals surface area contributed by atoms with Gasteiger partial charge in [-0.1, -0.05) is 18.2 Å². The molecular weight excluding hydrogens is 252 g/mol. The molecular formula is C15H20N4O. The molecule has 1 aromatic heterocycles. The zero-order valence-corrected chi connectivity index (χ0v) is 11.7. The van der Waals surface area contributed by atoms with Gasteiger partial charge < -0.3 is 5.11 Å². The van der Waals surface area contributed by atoms with Crippen LogP contribution in [0.25, 0.3) is 11.4 Å². The summed E-state index contributed by atoms with van der Waals surface area (Å²) in [5.74, 6) is 1.14. The van der Waals surface area contributed by atoms with Crippen LogP contribution in [-0.2, 0) is 6.61 Å². The molecule has 0 aliphatic carbocycles. The molecule has 2 heterocycles. The molecule has 5 heteroatoms. The molecule has 1 aliphatic heterocycles. The van der Waals surface area contributed by atoms with Gasteiger partial charge in [0.15, 0.2) is 11.6 Å². The van der Waals surface area contributed by atoms with E-state index in [1.165, 1.54) is 31.5 Å². The van der Waals surface area contributed by atoms with E-state index in [0.717, 1.165) is 5.56 Å². The first kappa shape index (κ1) is 13.3. The minimum absolute atomic E-state index is 0.114. The van der Waals surface area contributed by atoms with Crippen LogP contribution in [0.5, 0.6) is 0 Å². The van der Waals surface area contributed by atoms with E-state index in [2.05, 4.69) is 39.1 Å². The number of aromatic nitrogens is 3. The molecule has 1 aromatic carbocycles. The van der Waals surface area contributed by atoms with Crippen molar-refractivity contribution in [3.8, 4) is 11.4 Å². The summed E-state index contributed by atoms with van der Waals surface area (Å²) in [6.07, 6.45) is 2.59. The Balaban J connectivity index is 1.85. The van der Waals surface area contributed by atoms with E-state index in [9.17, 15) is 0 Å². The molecule has 0 bridgehead atoms. The summed E-state index contributed by atoms with van der Waals surface area (Å²) in [7, 11) is 0. The van der Waals surface area contributed by atoms with Crippen molar-refractivity contribution < 1.29 is 5.11 Å². The average Bonchev–Trinajstić information content (AvgIpc) is 3.17. The monoisotopic (exact) mass is 272 g/mol. The number of hydrogen-bond acceptors (Lipinski definition) is 4. The lowest BCUT2D eigenvalue weighted by Gasteiger charge is -2.24. The summed E-state index contributed by atoms with van der Waals surface area (Å²) in [4.78, 5) is 6.78. The number of hydrogen-bond donors (Lipinski definition) is 2. The second-order valence-electron chi connectivity index (χ2n) is 5.31. The third-order valence-corrected chi connectivity index (χ3v) is 4.00. The molecule has 5 nitrogen and oxygen atoms in total. The SMILES string of the molecule is C[C@H](c1cccc(-c2n[nH]c(CO)n2)c1)N1CCCC1. The predicted octanol–water partition coefficient (Wildman–Crippen LogP) is 2.12. The first-order valence-electron chi connectivity index (χ1n) is 7.14. The first-order valence-corrected chi connectivity index (χ1v) is 7.14. The maximum Gasteiger partial charge on any atom is 0.181 e. The maximum absolute atomic E-state index is 9.04. The van der Waals surface area contributed by atoms with Gasteiger partial charge >= 0.3 is 0 Å². The lowest BCUT2D eigenvalue weighted by molar-refractivity contribution is 0.263. The quantitative estimate of drug-likeness (QED) is 0.895. The lowest BCUT2D eigenvalue weighted by atomic mass is 10.0. The zero-order chi connectivity index (χ0) is 13.9. The van der Waals surface area contributed by atoms with Crippen LogP contribution in [-0.4, -0.2) is 38.3 Å². The number of rotatable bonds is 4. The molecule has 3 rings (SSSR count). The molecule has 0 spiro atoms. The number of aliphatic hydroxyl groups is 1. The van der Waals surface area contributed by atoms with E-state index in [1.807, 2.05) is 12.1 Å². The van der Waals surface area contributed by atoms with Crippen molar-refractivity contribution in [2.45, 2.75) is 32.4 Å². The summed E-state index contributed by atoms with van der Waals surface area (Å²) in [6, 6.07) is 8.78. The molecule has 20 heavy (non-hydrogen) atoms. The summed E-state index contributed by atoms with van der Waals surface area (Å²) >= 11 is 0. The van der Waals surface area contributed by atoms with Crippen LogP contribution in [0.15, 0.2) is 24.3 Å². The normalized spacial score (nSPS) is 17.5. The predicted molar refractivity (Wildman–Crippen MR) is 77.0 cm³/mol. The van der Waals surface area contributed by atoms with Gasteiger partial charge in [-0.3, -0.25) is 10.00 Å². The van der Waals surface area contributed by atoms with Gasteiger partial charge in [0.1, 0.15) is 6.61 Å². The molecule has 1 aliphatic rings. The molecule has 0 amide bonds. The van der Waals surface area contributed by atoms with Gasteiger partial charge in [0, 0.05) is 11.6 Å². The van der Waals surface area contributed by atoms with Gasteiger partial charge in [-0.25, -0.2) is 4.98 Å². The van der Waals surface area contributed by atoms with Gasteiger partial charge in [-0.15, -0.1) is 0 Å². The standard InChI is InChI=1S/C15H20N4O/c1-11(19-7-2-3-8-19)12-5-4-6-13(9-12)15-16-14(10-20)17-18-15/h4-6,9,11,20H,2-3,7-8,10H2,1H3,(H,16,17,18)/t11-/m1/s1. The highest BCUT2D eigenvalue weighted by atomic mass is 16.3. The summed E-state index contributed by atoms with van der Waals surface area (Å²) in [5.41, 5.74) is 2.28. The summed E-state index contributed by atoms with van der Waals surface area (Å²) in [6.45, 7) is 4.50. The third kappa shape index (κ3) is 2.59. The second-order valence-corrected chi connectivity index (χ2v) is 5.31. The Hall–Kier alpha value is -1.72. The van der Waals surface area contributed by atoms with Crippen molar-refractivity contribution in [1.82, 2.24) is 20.1 Å². The third-order valence-electron chi connectivity index (χ3n) is 4.00. The van der Waals surface area contributed by atoms with Crippen LogP contribution in [0.2, 0.25) is 0 Å². The fraction of sp³-hybridized carbons (Fsp3) is 0.467. The highest BCUT2D eigenvalue weighted by Crippen LogP contribution is 2.27. The van der Waals surface area contributed by atoms with Gasteiger partial charge in [-0.2, -0.15) is 5.10 Å². The number of aromatic amines is 1. The van der Waals surface area contributed by atoms with Crippen LogP contribution in [0.4, 0.5) is 0 Å². The Bertz CT molecular complexity index is 575. The molecule has 1 fully saturated rings. The highest BCUT2D eigenvalue weighted by molar-refractivity contribution is 5.56. The second kappa shape index (κ2) is 5.73. The molecule has 0 saturated carbocycles. The van der Waals surface area contributed by atoms with Gasteiger partial charge in [-0.05, 0) is 44.5 Å².